The number of nitrogens with zero attached hydrogens (tertiary/aromatic N) is 1. The molecule has 5 heteroatoms. The van der Waals surface area contributed by atoms with Crippen LogP contribution in [-0.2, 0) is 11.3 Å². The third-order valence-electron chi connectivity index (χ3n) is 3.37. The van der Waals surface area contributed by atoms with E-state index in [0.29, 0.717) is 11.9 Å². The molecule has 1 aromatic rings. The number of anilines is 1. The molecule has 2 rings (SSSR count). The number of aromatic nitrogens is 1. The van der Waals surface area contributed by atoms with Crippen LogP contribution in [0.2, 0.25) is 0 Å². The van der Waals surface area contributed by atoms with Gasteiger partial charge in [0.2, 0.25) is 5.91 Å². The van der Waals surface area contributed by atoms with Gasteiger partial charge >= 0.3 is 0 Å². The van der Waals surface area contributed by atoms with Crippen molar-refractivity contribution in [3.8, 4) is 0 Å². The van der Waals surface area contributed by atoms with Crippen LogP contribution in [0.1, 0.15) is 25.8 Å². The standard InChI is InChI=1S/C14H21N3OS/c1-3-13(12-8-19-9-12)15-6-11-4-5-14(16-7-11)17-10(2)18/h4-5,7,12-13,15H,3,6,8-9H2,1-2H3,(H,16,17,18). The molecule has 0 aromatic carbocycles. The highest BCUT2D eigenvalue weighted by Gasteiger charge is 2.25. The summed E-state index contributed by atoms with van der Waals surface area (Å²) in [5.41, 5.74) is 1.15. The van der Waals surface area contributed by atoms with Crippen LogP contribution in [0, 0.1) is 5.92 Å². The second-order valence-corrected chi connectivity index (χ2v) is 6.00. The van der Waals surface area contributed by atoms with E-state index < -0.39 is 0 Å². The molecule has 0 aliphatic carbocycles. The van der Waals surface area contributed by atoms with E-state index in [9.17, 15) is 4.79 Å². The maximum atomic E-state index is 10.9. The van der Waals surface area contributed by atoms with E-state index in [0.717, 1.165) is 18.0 Å². The Morgan fingerprint density at radius 2 is 2.32 bits per heavy atom. The third-order valence-corrected chi connectivity index (χ3v) is 4.70. The van der Waals surface area contributed by atoms with Crippen molar-refractivity contribution in [1.29, 1.82) is 0 Å². The molecule has 1 aliphatic rings. The molecule has 0 radical (unpaired) electrons. The first-order chi connectivity index (χ1) is 9.19. The minimum atomic E-state index is -0.0908. The van der Waals surface area contributed by atoms with Gasteiger partial charge in [0.1, 0.15) is 5.82 Å². The van der Waals surface area contributed by atoms with Gasteiger partial charge in [0.25, 0.3) is 0 Å². The van der Waals surface area contributed by atoms with Gasteiger partial charge in [0.15, 0.2) is 0 Å². The average Bonchev–Trinajstić information content (AvgIpc) is 2.33. The van der Waals surface area contributed by atoms with Crippen molar-refractivity contribution in [2.24, 2.45) is 5.92 Å². The Bertz CT molecular complexity index is 417. The van der Waals surface area contributed by atoms with Gasteiger partial charge in [-0.1, -0.05) is 13.0 Å². The lowest BCUT2D eigenvalue weighted by Gasteiger charge is -2.33. The number of amides is 1. The van der Waals surface area contributed by atoms with Gasteiger partial charge in [-0.15, -0.1) is 0 Å². The molecule has 1 saturated heterocycles. The van der Waals surface area contributed by atoms with Crippen LogP contribution in [0.5, 0.6) is 0 Å². The molecule has 104 valence electrons. The predicted molar refractivity (Wildman–Crippen MR) is 80.3 cm³/mol. The molecule has 1 atom stereocenters. The molecule has 2 N–H and O–H groups in total. The van der Waals surface area contributed by atoms with E-state index >= 15 is 0 Å². The summed E-state index contributed by atoms with van der Waals surface area (Å²) in [6.45, 7) is 4.56. The fourth-order valence-corrected chi connectivity index (χ4v) is 3.14. The fourth-order valence-electron chi connectivity index (χ4n) is 2.16. The van der Waals surface area contributed by atoms with Gasteiger partial charge in [0, 0.05) is 25.7 Å². The van der Waals surface area contributed by atoms with Crippen molar-refractivity contribution in [3.63, 3.8) is 0 Å². The second-order valence-electron chi connectivity index (χ2n) is 4.93. The van der Waals surface area contributed by atoms with E-state index in [1.807, 2.05) is 30.1 Å². The molecular weight excluding hydrogens is 258 g/mol. The molecule has 1 amide bonds. The summed E-state index contributed by atoms with van der Waals surface area (Å²) in [4.78, 5) is 15.1. The Balaban J connectivity index is 1.83. The first-order valence-corrected chi connectivity index (χ1v) is 7.88. The lowest BCUT2D eigenvalue weighted by atomic mass is 10.0. The Labute approximate surface area is 118 Å². The van der Waals surface area contributed by atoms with Crippen LogP contribution >= 0.6 is 11.8 Å². The Kier molecular flexibility index (Phi) is 5.22. The zero-order valence-electron chi connectivity index (χ0n) is 11.5. The van der Waals surface area contributed by atoms with Crippen LogP contribution in [-0.4, -0.2) is 28.4 Å². The molecule has 1 aromatic heterocycles. The number of carbonyl (C=O) groups is 1. The Morgan fingerprint density at radius 1 is 1.53 bits per heavy atom. The van der Waals surface area contributed by atoms with Gasteiger partial charge in [-0.25, -0.2) is 4.98 Å². The number of rotatable bonds is 6. The Morgan fingerprint density at radius 3 is 2.79 bits per heavy atom. The largest absolute Gasteiger partial charge is 0.311 e. The first kappa shape index (κ1) is 14.3. The second kappa shape index (κ2) is 6.91. The van der Waals surface area contributed by atoms with Gasteiger partial charge in [-0.05, 0) is 35.5 Å². The third kappa shape index (κ3) is 4.21. The fraction of sp³-hybridized carbons (Fsp3) is 0.571. The monoisotopic (exact) mass is 279 g/mol. The number of nitrogens with one attached hydrogen (secondary N) is 2. The van der Waals surface area contributed by atoms with E-state index in [-0.39, 0.29) is 5.91 Å². The average molecular weight is 279 g/mol. The predicted octanol–water partition coefficient (Wildman–Crippen LogP) is 2.27. The summed E-state index contributed by atoms with van der Waals surface area (Å²) in [6, 6.07) is 4.46. The van der Waals surface area contributed by atoms with E-state index in [2.05, 4.69) is 22.5 Å². The lowest BCUT2D eigenvalue weighted by molar-refractivity contribution is -0.114. The molecule has 1 unspecified atom stereocenters. The maximum Gasteiger partial charge on any atom is 0.222 e. The topological polar surface area (TPSA) is 54.0 Å². The quantitative estimate of drug-likeness (QED) is 0.839. The summed E-state index contributed by atoms with van der Waals surface area (Å²) in [7, 11) is 0. The van der Waals surface area contributed by atoms with Gasteiger partial charge < -0.3 is 10.6 Å². The van der Waals surface area contributed by atoms with Crippen molar-refractivity contribution in [2.45, 2.75) is 32.9 Å². The van der Waals surface area contributed by atoms with Crippen molar-refractivity contribution in [3.05, 3.63) is 23.9 Å². The highest BCUT2D eigenvalue weighted by Crippen LogP contribution is 2.28. The maximum absolute atomic E-state index is 10.9. The molecule has 1 aliphatic heterocycles. The molecule has 2 heterocycles. The summed E-state index contributed by atoms with van der Waals surface area (Å²) in [5, 5.41) is 6.28. The molecule has 1 fully saturated rings. The minimum absolute atomic E-state index is 0.0908. The smallest absolute Gasteiger partial charge is 0.222 e. The molecule has 0 saturated carbocycles. The zero-order chi connectivity index (χ0) is 13.7. The van der Waals surface area contributed by atoms with Crippen LogP contribution in [0.15, 0.2) is 18.3 Å². The van der Waals surface area contributed by atoms with Crippen molar-refractivity contribution in [2.75, 3.05) is 16.8 Å². The van der Waals surface area contributed by atoms with Crippen LogP contribution in [0.25, 0.3) is 0 Å². The van der Waals surface area contributed by atoms with Crippen molar-refractivity contribution >= 4 is 23.5 Å². The molecular formula is C14H21N3OS. The summed E-state index contributed by atoms with van der Waals surface area (Å²) >= 11 is 2.03. The summed E-state index contributed by atoms with van der Waals surface area (Å²) in [6.07, 6.45) is 2.99. The summed E-state index contributed by atoms with van der Waals surface area (Å²) in [5.74, 6) is 3.91. The Hall–Kier alpha value is -1.07. The van der Waals surface area contributed by atoms with Crippen LogP contribution in [0.3, 0.4) is 0 Å². The number of carbonyl (C=O) groups excluding carboxylic acids is 1. The van der Waals surface area contributed by atoms with Crippen molar-refractivity contribution in [1.82, 2.24) is 10.3 Å². The van der Waals surface area contributed by atoms with E-state index in [4.69, 9.17) is 0 Å². The molecule has 0 spiro atoms. The molecule has 4 nitrogen and oxygen atoms in total. The number of pyridine rings is 1. The number of hydrogen-bond donors (Lipinski definition) is 2. The van der Waals surface area contributed by atoms with Crippen LogP contribution < -0.4 is 10.6 Å². The zero-order valence-corrected chi connectivity index (χ0v) is 12.3. The van der Waals surface area contributed by atoms with Crippen LogP contribution in [0.4, 0.5) is 5.82 Å². The van der Waals surface area contributed by atoms with Gasteiger partial charge in [-0.3, -0.25) is 4.79 Å². The minimum Gasteiger partial charge on any atom is -0.311 e. The summed E-state index contributed by atoms with van der Waals surface area (Å²) < 4.78 is 0. The van der Waals surface area contributed by atoms with Gasteiger partial charge in [-0.2, -0.15) is 11.8 Å². The van der Waals surface area contributed by atoms with Crippen molar-refractivity contribution < 1.29 is 4.79 Å². The lowest BCUT2D eigenvalue weighted by Crippen LogP contribution is -2.41. The van der Waals surface area contributed by atoms with Gasteiger partial charge in [0.05, 0.1) is 0 Å². The SMILES string of the molecule is CCC(NCc1ccc(NC(C)=O)nc1)C1CSC1. The highest BCUT2D eigenvalue weighted by atomic mass is 32.2. The normalized spacial score (nSPS) is 16.7. The number of hydrogen-bond acceptors (Lipinski definition) is 4. The van der Waals surface area contributed by atoms with E-state index in [1.54, 1.807) is 0 Å². The number of thioether (sulfide) groups is 1. The molecule has 0 bridgehead atoms. The molecule has 19 heavy (non-hydrogen) atoms. The first-order valence-electron chi connectivity index (χ1n) is 6.72. The highest BCUT2D eigenvalue weighted by molar-refractivity contribution is 8.00. The van der Waals surface area contributed by atoms with E-state index in [1.165, 1.54) is 24.9 Å².